The van der Waals surface area contributed by atoms with Crippen LogP contribution in [0.1, 0.15) is 245 Å². The third-order valence-corrected chi connectivity index (χ3v) is 12.4. The average molecular weight is 1070 g/mol. The molecule has 0 aliphatic rings. The summed E-state index contributed by atoms with van der Waals surface area (Å²) in [5.41, 5.74) is 0. The molecule has 1 unspecified atom stereocenters. The van der Waals surface area contributed by atoms with E-state index in [0.717, 1.165) is 148 Å². The van der Waals surface area contributed by atoms with Gasteiger partial charge in [0.15, 0.2) is 6.10 Å². The molecule has 0 saturated heterocycles. The summed E-state index contributed by atoms with van der Waals surface area (Å²) in [5.74, 6) is -1.04. The van der Waals surface area contributed by atoms with Crippen LogP contribution in [0.5, 0.6) is 0 Å². The lowest BCUT2D eigenvalue weighted by Crippen LogP contribution is -2.30. The van der Waals surface area contributed by atoms with Crippen molar-refractivity contribution >= 4 is 17.9 Å². The van der Waals surface area contributed by atoms with Crippen LogP contribution in [0.25, 0.3) is 0 Å². The molecule has 0 bridgehead atoms. The summed E-state index contributed by atoms with van der Waals surface area (Å²) in [6, 6.07) is 0. The van der Waals surface area contributed by atoms with Crippen LogP contribution in [0.4, 0.5) is 0 Å². The molecule has 0 aliphatic heterocycles. The molecule has 0 fully saturated rings. The van der Waals surface area contributed by atoms with Gasteiger partial charge in [0, 0.05) is 19.3 Å². The van der Waals surface area contributed by atoms with Gasteiger partial charge in [-0.3, -0.25) is 14.4 Å². The highest BCUT2D eigenvalue weighted by Gasteiger charge is 2.19. The number of allylic oxidation sites excluding steroid dienone is 28. The zero-order chi connectivity index (χ0) is 56.4. The summed E-state index contributed by atoms with van der Waals surface area (Å²) >= 11 is 0. The second-order valence-electron chi connectivity index (χ2n) is 19.8. The van der Waals surface area contributed by atoms with Gasteiger partial charge in [0.25, 0.3) is 0 Å². The fourth-order valence-corrected chi connectivity index (χ4v) is 7.84. The van der Waals surface area contributed by atoms with Crippen LogP contribution >= 0.6 is 0 Å². The Morgan fingerprint density at radius 3 is 0.833 bits per heavy atom. The van der Waals surface area contributed by atoms with Crippen LogP contribution in [0.2, 0.25) is 0 Å². The van der Waals surface area contributed by atoms with Gasteiger partial charge < -0.3 is 14.2 Å². The summed E-state index contributed by atoms with van der Waals surface area (Å²) in [4.78, 5) is 38.2. The maximum absolute atomic E-state index is 12.9. The van der Waals surface area contributed by atoms with Crippen LogP contribution in [0, 0.1) is 0 Å². The van der Waals surface area contributed by atoms with E-state index in [1.165, 1.54) is 51.4 Å². The van der Waals surface area contributed by atoms with E-state index in [1.54, 1.807) is 0 Å². The highest BCUT2D eigenvalue weighted by Crippen LogP contribution is 2.13. The minimum atomic E-state index is -0.838. The largest absolute Gasteiger partial charge is 0.462 e. The fraction of sp³-hybridized carbons (Fsp3) is 0.569. The Morgan fingerprint density at radius 1 is 0.269 bits per heavy atom. The van der Waals surface area contributed by atoms with Crippen LogP contribution in [0.15, 0.2) is 170 Å². The molecule has 436 valence electrons. The van der Waals surface area contributed by atoms with Gasteiger partial charge >= 0.3 is 17.9 Å². The van der Waals surface area contributed by atoms with Gasteiger partial charge in [-0.1, -0.05) is 262 Å². The highest BCUT2D eigenvalue weighted by atomic mass is 16.6. The average Bonchev–Trinajstić information content (AvgIpc) is 3.44. The molecule has 0 N–H and O–H groups in total. The normalized spacial score (nSPS) is 13.3. The van der Waals surface area contributed by atoms with Crippen molar-refractivity contribution in [3.8, 4) is 0 Å². The number of ether oxygens (including phenoxy) is 3. The minimum absolute atomic E-state index is 0.125. The van der Waals surface area contributed by atoms with Crippen molar-refractivity contribution in [2.75, 3.05) is 13.2 Å². The first kappa shape index (κ1) is 72.8. The van der Waals surface area contributed by atoms with E-state index in [9.17, 15) is 14.4 Å². The summed E-state index contributed by atoms with van der Waals surface area (Å²) in [6.45, 7) is 6.28. The smallest absolute Gasteiger partial charge is 0.306 e. The number of esters is 3. The van der Waals surface area contributed by atoms with E-state index in [0.29, 0.717) is 19.3 Å². The van der Waals surface area contributed by atoms with Gasteiger partial charge in [-0.15, -0.1) is 0 Å². The molecule has 6 heteroatoms. The van der Waals surface area contributed by atoms with Crippen LogP contribution < -0.4 is 0 Å². The van der Waals surface area contributed by atoms with Gasteiger partial charge in [0.1, 0.15) is 13.2 Å². The molecule has 0 saturated carbocycles. The first-order valence-electron chi connectivity index (χ1n) is 31.1. The van der Waals surface area contributed by atoms with Crippen molar-refractivity contribution in [2.45, 2.75) is 252 Å². The molecule has 0 heterocycles. The number of hydrogen-bond donors (Lipinski definition) is 0. The summed E-state index contributed by atoms with van der Waals surface area (Å²) in [7, 11) is 0. The molecule has 0 aromatic carbocycles. The Morgan fingerprint density at radius 2 is 0.526 bits per heavy atom. The molecule has 0 rings (SSSR count). The van der Waals surface area contributed by atoms with Crippen molar-refractivity contribution in [2.24, 2.45) is 0 Å². The monoisotopic (exact) mass is 1070 g/mol. The zero-order valence-electron chi connectivity index (χ0n) is 49.9. The van der Waals surface area contributed by atoms with Crippen molar-refractivity contribution in [3.05, 3.63) is 170 Å². The molecular weight excluding hydrogens is 961 g/mol. The number of hydrogen-bond acceptors (Lipinski definition) is 6. The SMILES string of the molecule is CC/C=C\C/C=C\C/C=C\C/C=C\C/C=C\C/C=C\CCCCCCCCCCC(=O)OCC(COC(=O)CCCCCCC/C=C\C/C=C\CCCC)OC(=O)CC/C=C\C/C=C\C/C=C\C/C=C\C/C=C\C/C=C\CC. The molecule has 6 nitrogen and oxygen atoms in total. The summed E-state index contributed by atoms with van der Waals surface area (Å²) in [5, 5.41) is 0. The zero-order valence-corrected chi connectivity index (χ0v) is 49.9. The standard InChI is InChI=1S/C72H112O6/c1-4-7-10-13-16-19-22-25-28-30-32-33-34-35-36-37-38-39-41-42-44-47-50-53-56-59-62-65-71(74)77-68-69(67-76-70(73)64-61-58-55-52-49-46-27-24-21-18-15-12-9-6-3)78-72(75)66-63-60-57-54-51-48-45-43-40-31-29-26-23-20-17-14-11-8-5-2/h7-8,10-11,15-20,24-29,32-33,35-36,38-40,43,48,51,57,60,69H,4-6,9,12-14,21-23,30-31,34,37,41-42,44-47,49-50,52-56,58-59,61-68H2,1-3H3/b10-7-,11-8-,18-15-,19-16-,20-17-,27-24-,28-25-,29-26-,33-32-,36-35-,39-38-,43-40-,51-48-,60-57-. The Bertz CT molecular complexity index is 1810. The molecule has 1 atom stereocenters. The minimum Gasteiger partial charge on any atom is -0.462 e. The summed E-state index contributed by atoms with van der Waals surface area (Å²) in [6.07, 6.45) is 95.0. The first-order chi connectivity index (χ1) is 38.5. The summed E-state index contributed by atoms with van der Waals surface area (Å²) < 4.78 is 16.8. The maximum atomic E-state index is 12.9. The van der Waals surface area contributed by atoms with Gasteiger partial charge in [-0.25, -0.2) is 0 Å². The quantitative estimate of drug-likeness (QED) is 0.0261. The van der Waals surface area contributed by atoms with Gasteiger partial charge in [0.05, 0.1) is 0 Å². The fourth-order valence-electron chi connectivity index (χ4n) is 7.84. The number of carbonyl (C=O) groups excluding carboxylic acids is 3. The van der Waals surface area contributed by atoms with Gasteiger partial charge in [0.2, 0.25) is 0 Å². The Hall–Kier alpha value is -5.23. The van der Waals surface area contributed by atoms with E-state index in [2.05, 4.69) is 179 Å². The van der Waals surface area contributed by atoms with Gasteiger partial charge in [-0.2, -0.15) is 0 Å². The van der Waals surface area contributed by atoms with Crippen molar-refractivity contribution in [1.29, 1.82) is 0 Å². The van der Waals surface area contributed by atoms with Crippen LogP contribution in [0.3, 0.4) is 0 Å². The molecule has 0 aliphatic carbocycles. The van der Waals surface area contributed by atoms with E-state index in [-0.39, 0.29) is 31.6 Å². The first-order valence-corrected chi connectivity index (χ1v) is 31.1. The molecule has 0 amide bonds. The molecule has 78 heavy (non-hydrogen) atoms. The third kappa shape index (κ3) is 61.6. The van der Waals surface area contributed by atoms with Gasteiger partial charge in [-0.05, 0) is 135 Å². The predicted molar refractivity (Wildman–Crippen MR) is 338 cm³/mol. The molecular formula is C72H112O6. The Kier molecular flexibility index (Phi) is 60.0. The third-order valence-electron chi connectivity index (χ3n) is 12.4. The van der Waals surface area contributed by atoms with Crippen molar-refractivity contribution in [3.63, 3.8) is 0 Å². The van der Waals surface area contributed by atoms with Crippen LogP contribution in [-0.2, 0) is 28.6 Å². The van der Waals surface area contributed by atoms with E-state index in [1.807, 2.05) is 12.2 Å². The van der Waals surface area contributed by atoms with Crippen molar-refractivity contribution < 1.29 is 28.6 Å². The number of carbonyl (C=O) groups is 3. The highest BCUT2D eigenvalue weighted by molar-refractivity contribution is 5.71. The molecule has 0 spiro atoms. The second-order valence-corrected chi connectivity index (χ2v) is 19.8. The predicted octanol–water partition coefficient (Wildman–Crippen LogP) is 21.5. The Balaban J connectivity index is 4.49. The lowest BCUT2D eigenvalue weighted by atomic mass is 10.1. The Labute approximate surface area is 479 Å². The number of unbranched alkanes of at least 4 members (excludes halogenated alkanes) is 15. The lowest BCUT2D eigenvalue weighted by molar-refractivity contribution is -0.166. The van der Waals surface area contributed by atoms with E-state index >= 15 is 0 Å². The second kappa shape index (κ2) is 64.3. The van der Waals surface area contributed by atoms with E-state index < -0.39 is 12.1 Å². The van der Waals surface area contributed by atoms with Crippen LogP contribution in [-0.4, -0.2) is 37.2 Å². The topological polar surface area (TPSA) is 78.9 Å². The lowest BCUT2D eigenvalue weighted by Gasteiger charge is -2.18. The number of rotatable bonds is 54. The molecule has 0 aromatic rings. The molecule has 0 aromatic heterocycles. The van der Waals surface area contributed by atoms with Crippen molar-refractivity contribution in [1.82, 2.24) is 0 Å². The van der Waals surface area contributed by atoms with E-state index in [4.69, 9.17) is 14.2 Å². The maximum Gasteiger partial charge on any atom is 0.306 e. The molecule has 0 radical (unpaired) electrons.